The lowest BCUT2D eigenvalue weighted by atomic mass is 10.1. The van der Waals surface area contributed by atoms with Crippen LogP contribution in [-0.2, 0) is 6.54 Å². The van der Waals surface area contributed by atoms with Crippen LogP contribution in [0.5, 0.6) is 0 Å². The van der Waals surface area contributed by atoms with Gasteiger partial charge in [0.2, 0.25) is 0 Å². The minimum atomic E-state index is -0.366. The Balaban J connectivity index is 2.05. The van der Waals surface area contributed by atoms with Crippen LogP contribution in [0.3, 0.4) is 0 Å². The molecule has 1 aromatic heterocycles. The van der Waals surface area contributed by atoms with Gasteiger partial charge in [-0.3, -0.25) is 4.98 Å². The molecule has 0 saturated heterocycles. The summed E-state index contributed by atoms with van der Waals surface area (Å²) in [4.78, 5) is 6.46. The summed E-state index contributed by atoms with van der Waals surface area (Å²) in [5, 5.41) is 9.77. The molecular weight excluding hydrogens is 236 g/mol. The number of hydrogen-bond acceptors (Lipinski definition) is 3. The number of aliphatic hydroxyl groups is 1. The van der Waals surface area contributed by atoms with Crippen molar-refractivity contribution in [2.75, 3.05) is 11.9 Å². The van der Waals surface area contributed by atoms with Gasteiger partial charge in [-0.15, -0.1) is 0 Å². The monoisotopic (exact) mass is 256 g/mol. The number of aliphatic hydroxyl groups excluding tert-OH is 1. The number of anilines is 1. The van der Waals surface area contributed by atoms with Crippen LogP contribution in [0.2, 0.25) is 0 Å². The van der Waals surface area contributed by atoms with Gasteiger partial charge in [-0.05, 0) is 36.2 Å². The van der Waals surface area contributed by atoms with Crippen LogP contribution in [0.1, 0.15) is 30.7 Å². The molecule has 100 valence electrons. The van der Waals surface area contributed by atoms with E-state index in [1.165, 1.54) is 0 Å². The summed E-state index contributed by atoms with van der Waals surface area (Å²) >= 11 is 0. The molecule has 0 fully saturated rings. The number of hydrogen-bond donors (Lipinski definition) is 1. The van der Waals surface area contributed by atoms with Gasteiger partial charge in [0.1, 0.15) is 0 Å². The molecule has 0 radical (unpaired) electrons. The average Bonchev–Trinajstić information content (AvgIpc) is 2.47. The summed E-state index contributed by atoms with van der Waals surface area (Å²) in [5.74, 6) is 0. The van der Waals surface area contributed by atoms with Crippen molar-refractivity contribution in [1.29, 1.82) is 0 Å². The largest absolute Gasteiger partial charge is 0.388 e. The van der Waals surface area contributed by atoms with Crippen molar-refractivity contribution in [3.63, 3.8) is 0 Å². The van der Waals surface area contributed by atoms with Crippen LogP contribution in [0.25, 0.3) is 0 Å². The zero-order valence-electron chi connectivity index (χ0n) is 11.5. The maximum atomic E-state index is 9.77. The molecule has 19 heavy (non-hydrogen) atoms. The summed E-state index contributed by atoms with van der Waals surface area (Å²) in [6.45, 7) is 2.75. The molecule has 1 N–H and O–H groups in total. The van der Waals surface area contributed by atoms with E-state index < -0.39 is 0 Å². The van der Waals surface area contributed by atoms with Gasteiger partial charge in [0, 0.05) is 18.9 Å². The maximum absolute atomic E-state index is 9.77. The Morgan fingerprint density at radius 3 is 2.47 bits per heavy atom. The minimum Gasteiger partial charge on any atom is -0.388 e. The topological polar surface area (TPSA) is 36.4 Å². The van der Waals surface area contributed by atoms with Crippen LogP contribution in [0, 0.1) is 0 Å². The van der Waals surface area contributed by atoms with Gasteiger partial charge in [-0.1, -0.05) is 25.1 Å². The summed E-state index contributed by atoms with van der Waals surface area (Å²) < 4.78 is 0. The van der Waals surface area contributed by atoms with Crippen LogP contribution in [0.15, 0.2) is 48.7 Å². The van der Waals surface area contributed by atoms with Crippen molar-refractivity contribution in [1.82, 2.24) is 4.98 Å². The third-order valence-electron chi connectivity index (χ3n) is 3.23. The van der Waals surface area contributed by atoms with Crippen molar-refractivity contribution in [3.8, 4) is 0 Å². The molecule has 0 amide bonds. The summed E-state index contributed by atoms with van der Waals surface area (Å²) in [7, 11) is 2.04. The standard InChI is InChI=1S/C16H20N2O/c1-3-16(19)13-7-9-15(10-8-13)18(2)12-14-6-4-5-11-17-14/h4-11,16,19H,3,12H2,1-2H3. The molecule has 0 bridgehead atoms. The van der Waals surface area contributed by atoms with E-state index in [9.17, 15) is 5.11 Å². The fourth-order valence-corrected chi connectivity index (χ4v) is 2.01. The molecule has 0 aliphatic heterocycles. The van der Waals surface area contributed by atoms with E-state index >= 15 is 0 Å². The maximum Gasteiger partial charge on any atom is 0.0787 e. The average molecular weight is 256 g/mol. The van der Waals surface area contributed by atoms with E-state index in [-0.39, 0.29) is 6.10 Å². The Hall–Kier alpha value is -1.87. The summed E-state index contributed by atoms with van der Waals surface area (Å²) in [6, 6.07) is 14.0. The second-order valence-corrected chi connectivity index (χ2v) is 4.69. The SMILES string of the molecule is CCC(O)c1ccc(N(C)Cc2ccccn2)cc1. The second-order valence-electron chi connectivity index (χ2n) is 4.69. The van der Waals surface area contributed by atoms with Gasteiger partial charge in [-0.25, -0.2) is 0 Å². The Kier molecular flexibility index (Phi) is 4.53. The zero-order valence-corrected chi connectivity index (χ0v) is 11.5. The van der Waals surface area contributed by atoms with Crippen LogP contribution in [0.4, 0.5) is 5.69 Å². The van der Waals surface area contributed by atoms with E-state index in [4.69, 9.17) is 0 Å². The molecule has 1 aromatic carbocycles. The first-order valence-corrected chi connectivity index (χ1v) is 6.59. The molecule has 0 spiro atoms. The predicted molar refractivity (Wildman–Crippen MR) is 78.0 cm³/mol. The third-order valence-corrected chi connectivity index (χ3v) is 3.23. The third kappa shape index (κ3) is 3.55. The first kappa shape index (κ1) is 13.6. The fourth-order valence-electron chi connectivity index (χ4n) is 2.01. The number of aromatic nitrogens is 1. The van der Waals surface area contributed by atoms with E-state index in [1.54, 1.807) is 0 Å². The molecule has 2 aromatic rings. The Morgan fingerprint density at radius 1 is 1.16 bits per heavy atom. The van der Waals surface area contributed by atoms with E-state index in [0.717, 1.165) is 29.9 Å². The molecule has 1 atom stereocenters. The Labute approximate surface area is 114 Å². The molecule has 1 unspecified atom stereocenters. The van der Waals surface area contributed by atoms with Gasteiger partial charge in [0.25, 0.3) is 0 Å². The summed E-state index contributed by atoms with van der Waals surface area (Å²) in [6.07, 6.45) is 2.18. The lowest BCUT2D eigenvalue weighted by Crippen LogP contribution is -2.17. The minimum absolute atomic E-state index is 0.366. The number of nitrogens with zero attached hydrogens (tertiary/aromatic N) is 2. The molecule has 3 heteroatoms. The van der Waals surface area contributed by atoms with Crippen molar-refractivity contribution >= 4 is 5.69 Å². The molecule has 0 aliphatic carbocycles. The van der Waals surface area contributed by atoms with Crippen molar-refractivity contribution in [2.45, 2.75) is 26.0 Å². The zero-order chi connectivity index (χ0) is 13.7. The fraction of sp³-hybridized carbons (Fsp3) is 0.312. The van der Waals surface area contributed by atoms with Gasteiger partial charge in [0.15, 0.2) is 0 Å². The quantitative estimate of drug-likeness (QED) is 0.892. The second kappa shape index (κ2) is 6.34. The van der Waals surface area contributed by atoms with Crippen LogP contribution >= 0.6 is 0 Å². The Bertz CT molecular complexity index is 496. The number of benzene rings is 1. The normalized spacial score (nSPS) is 12.2. The van der Waals surface area contributed by atoms with Crippen molar-refractivity contribution in [2.24, 2.45) is 0 Å². The Morgan fingerprint density at radius 2 is 1.89 bits per heavy atom. The number of rotatable bonds is 5. The van der Waals surface area contributed by atoms with Gasteiger partial charge in [-0.2, -0.15) is 0 Å². The highest BCUT2D eigenvalue weighted by Gasteiger charge is 2.06. The van der Waals surface area contributed by atoms with E-state index in [1.807, 2.05) is 62.6 Å². The molecule has 0 saturated carbocycles. The van der Waals surface area contributed by atoms with Crippen molar-refractivity contribution < 1.29 is 5.11 Å². The van der Waals surface area contributed by atoms with Crippen molar-refractivity contribution in [3.05, 3.63) is 59.9 Å². The van der Waals surface area contributed by atoms with Gasteiger partial charge in [0.05, 0.1) is 18.3 Å². The first-order valence-electron chi connectivity index (χ1n) is 6.59. The molecule has 2 rings (SSSR count). The predicted octanol–water partition coefficient (Wildman–Crippen LogP) is 3.16. The van der Waals surface area contributed by atoms with Crippen LogP contribution < -0.4 is 4.90 Å². The number of pyridine rings is 1. The molecule has 1 heterocycles. The highest BCUT2D eigenvalue weighted by molar-refractivity contribution is 5.47. The highest BCUT2D eigenvalue weighted by atomic mass is 16.3. The molecule has 0 aliphatic rings. The molecule has 3 nitrogen and oxygen atoms in total. The van der Waals surface area contributed by atoms with Gasteiger partial charge >= 0.3 is 0 Å². The van der Waals surface area contributed by atoms with E-state index in [0.29, 0.717) is 0 Å². The first-order chi connectivity index (χ1) is 9.20. The lowest BCUT2D eigenvalue weighted by Gasteiger charge is -2.19. The lowest BCUT2D eigenvalue weighted by molar-refractivity contribution is 0.173. The molecular formula is C16H20N2O. The highest BCUT2D eigenvalue weighted by Crippen LogP contribution is 2.21. The van der Waals surface area contributed by atoms with Crippen LogP contribution in [-0.4, -0.2) is 17.1 Å². The van der Waals surface area contributed by atoms with E-state index in [2.05, 4.69) is 9.88 Å². The summed E-state index contributed by atoms with van der Waals surface area (Å²) in [5.41, 5.74) is 3.14. The smallest absolute Gasteiger partial charge is 0.0787 e. The van der Waals surface area contributed by atoms with Gasteiger partial charge < -0.3 is 10.0 Å².